The second-order valence-corrected chi connectivity index (χ2v) is 8.04. The van der Waals surface area contributed by atoms with E-state index in [0.717, 1.165) is 0 Å². The van der Waals surface area contributed by atoms with Gasteiger partial charge in [0.25, 0.3) is 0 Å². The molecule has 0 amide bonds. The summed E-state index contributed by atoms with van der Waals surface area (Å²) in [7, 11) is 0. The van der Waals surface area contributed by atoms with Gasteiger partial charge in [-0.05, 0) is 0 Å². The monoisotopic (exact) mass is 656 g/mol. The van der Waals surface area contributed by atoms with Crippen LogP contribution < -0.4 is 0 Å². The van der Waals surface area contributed by atoms with Gasteiger partial charge in [0.2, 0.25) is 0 Å². The molecule has 0 aromatic carbocycles. The van der Waals surface area contributed by atoms with E-state index in [-0.39, 0.29) is 0 Å². The number of carbonyl (C=O) groups excluding carboxylic acids is 2. The van der Waals surface area contributed by atoms with E-state index in [4.69, 9.17) is 0 Å². The highest BCUT2D eigenvalue weighted by molar-refractivity contribution is 7.80. The van der Waals surface area contributed by atoms with Crippen molar-refractivity contribution in [3.05, 3.63) is 0 Å². The Labute approximate surface area is 215 Å². The zero-order chi connectivity index (χ0) is 32.4. The molecule has 40 heavy (non-hydrogen) atoms. The Kier molecular flexibility index (Phi) is 11.5. The predicted octanol–water partition coefficient (Wildman–Crippen LogP) is 6.73. The maximum absolute atomic E-state index is 13.4. The first-order valence-electron chi connectivity index (χ1n) is 9.78. The van der Waals surface area contributed by atoms with Gasteiger partial charge in [-0.3, -0.25) is 9.59 Å². The van der Waals surface area contributed by atoms with E-state index in [0.29, 0.717) is 0 Å². The van der Waals surface area contributed by atoms with Crippen LogP contribution in [0.15, 0.2) is 0 Å². The summed E-state index contributed by atoms with van der Waals surface area (Å²) in [5.74, 6) is -47.3. The van der Waals surface area contributed by atoms with E-state index in [1.807, 2.05) is 0 Å². The third kappa shape index (κ3) is 7.65. The Morgan fingerprint density at radius 3 is 1.18 bits per heavy atom. The van der Waals surface area contributed by atoms with Crippen LogP contribution in [-0.4, -0.2) is 78.8 Å². The van der Waals surface area contributed by atoms with Crippen molar-refractivity contribution in [2.24, 2.45) is 5.92 Å². The van der Waals surface area contributed by atoms with E-state index in [2.05, 4.69) is 22.1 Å². The Balaban J connectivity index is 5.10. The van der Waals surface area contributed by atoms with Crippen LogP contribution in [0.5, 0.6) is 0 Å². The summed E-state index contributed by atoms with van der Waals surface area (Å²) in [4.78, 5) is 23.3. The number of esters is 2. The first-order chi connectivity index (χ1) is 17.4. The molecule has 0 bridgehead atoms. The highest BCUT2D eigenvalue weighted by Crippen LogP contribution is 2.55. The van der Waals surface area contributed by atoms with Crippen LogP contribution in [0.1, 0.15) is 19.3 Å². The summed E-state index contributed by atoms with van der Waals surface area (Å²) in [5.41, 5.74) is 0. The lowest BCUT2D eigenvalue weighted by atomic mass is 10.0. The lowest BCUT2D eigenvalue weighted by molar-refractivity contribution is -0.397. The summed E-state index contributed by atoms with van der Waals surface area (Å²) < 4.78 is 237. The quantitative estimate of drug-likeness (QED) is 0.128. The van der Waals surface area contributed by atoms with Gasteiger partial charge >= 0.3 is 59.8 Å². The van der Waals surface area contributed by atoms with Crippen LogP contribution in [-0.2, 0) is 19.1 Å². The zero-order valence-electron chi connectivity index (χ0n) is 18.7. The van der Waals surface area contributed by atoms with Crippen molar-refractivity contribution in [1.29, 1.82) is 0 Å². The number of ether oxygens (including phenoxy) is 2. The van der Waals surface area contributed by atoms with Gasteiger partial charge in [-0.25, -0.2) is 0 Å². The summed E-state index contributed by atoms with van der Waals surface area (Å²) in [6.07, 6.45) is -20.8. The summed E-state index contributed by atoms with van der Waals surface area (Å²) in [6, 6.07) is 0. The number of carbonyl (C=O) groups is 2. The van der Waals surface area contributed by atoms with Crippen LogP contribution >= 0.6 is 12.6 Å². The molecule has 23 heteroatoms. The van der Waals surface area contributed by atoms with Crippen molar-refractivity contribution in [3.8, 4) is 0 Å². The third-order valence-corrected chi connectivity index (χ3v) is 5.17. The average Bonchev–Trinajstić information content (AvgIpc) is 2.74. The molecular weight excluding hydrogens is 642 g/mol. The van der Waals surface area contributed by atoms with Crippen LogP contribution in [0.4, 0.5) is 79.0 Å². The maximum Gasteiger partial charge on any atom is 0.460 e. The maximum atomic E-state index is 13.4. The summed E-state index contributed by atoms with van der Waals surface area (Å²) >= 11 is 3.45. The fraction of sp³-hybridized carbons (Fsp3) is 0.882. The molecule has 0 fully saturated rings. The van der Waals surface area contributed by atoms with Gasteiger partial charge in [-0.1, -0.05) is 0 Å². The Hall–Kier alpha value is -1.97. The van der Waals surface area contributed by atoms with E-state index in [1.54, 1.807) is 0 Å². The molecule has 0 aliphatic carbocycles. The van der Waals surface area contributed by atoms with Crippen molar-refractivity contribution in [1.82, 2.24) is 0 Å². The van der Waals surface area contributed by atoms with E-state index < -0.39 is 104 Å². The van der Waals surface area contributed by atoms with Crippen LogP contribution in [0.25, 0.3) is 0 Å². The molecule has 0 saturated carbocycles. The normalized spacial score (nSPS) is 15.6. The molecule has 0 spiro atoms. The molecule has 0 saturated heterocycles. The minimum atomic E-state index is -7.23. The van der Waals surface area contributed by atoms with Crippen LogP contribution in [0, 0.1) is 5.92 Å². The van der Waals surface area contributed by atoms with Crippen molar-refractivity contribution >= 4 is 24.6 Å². The fourth-order valence-electron chi connectivity index (χ4n) is 2.30. The van der Waals surface area contributed by atoms with Gasteiger partial charge in [0.15, 0.2) is 0 Å². The Morgan fingerprint density at radius 1 is 0.550 bits per heavy atom. The molecule has 0 radical (unpaired) electrons. The first-order valence-corrected chi connectivity index (χ1v) is 10.4. The standard InChI is InChI=1S/C17H14F18O4S/c18-10(19,12(22,23)14(26,27)16(30,31)32)1-3-38-8(36)5-7(6-40)9(37)39-4-2-11(20,21)13(24,25)15(28,29)17(33,34)35/h7,40H,1-6H2. The molecular formula is C17H14F18O4S. The Bertz CT molecular complexity index is 883. The molecule has 0 aromatic heterocycles. The van der Waals surface area contributed by atoms with Gasteiger partial charge in [0, 0.05) is 5.75 Å². The molecule has 0 heterocycles. The van der Waals surface area contributed by atoms with Crippen molar-refractivity contribution in [2.45, 2.75) is 67.2 Å². The second kappa shape index (κ2) is 12.1. The van der Waals surface area contributed by atoms with Crippen molar-refractivity contribution in [3.63, 3.8) is 0 Å². The molecule has 0 aliphatic rings. The van der Waals surface area contributed by atoms with E-state index in [9.17, 15) is 88.6 Å². The molecule has 238 valence electrons. The van der Waals surface area contributed by atoms with Crippen molar-refractivity contribution < 1.29 is 98.1 Å². The number of hydrogen-bond donors (Lipinski definition) is 1. The van der Waals surface area contributed by atoms with E-state index in [1.165, 1.54) is 0 Å². The number of rotatable bonds is 14. The largest absolute Gasteiger partial charge is 0.465 e. The van der Waals surface area contributed by atoms with Crippen molar-refractivity contribution in [2.75, 3.05) is 19.0 Å². The molecule has 0 rings (SSSR count). The predicted molar refractivity (Wildman–Crippen MR) is 94.9 cm³/mol. The molecule has 0 aromatic rings. The lowest BCUT2D eigenvalue weighted by Crippen LogP contribution is -2.61. The van der Waals surface area contributed by atoms with Gasteiger partial charge < -0.3 is 9.47 Å². The van der Waals surface area contributed by atoms with E-state index >= 15 is 0 Å². The Morgan fingerprint density at radius 2 is 0.875 bits per heavy atom. The third-order valence-electron chi connectivity index (χ3n) is 4.73. The SMILES string of the molecule is O=C(CC(CS)C(=O)OCCC(F)(F)C(F)(F)C(F)(F)C(F)(F)F)OCCC(F)(F)C(F)(F)C(F)(F)C(F)(F)F. The topological polar surface area (TPSA) is 52.6 Å². The number of halogens is 18. The van der Waals surface area contributed by atoms with Gasteiger partial charge in [0.1, 0.15) is 0 Å². The smallest absolute Gasteiger partial charge is 0.460 e. The minimum Gasteiger partial charge on any atom is -0.465 e. The number of alkyl halides is 18. The summed E-state index contributed by atoms with van der Waals surface area (Å²) in [5, 5.41) is 0. The first kappa shape index (κ1) is 38.0. The lowest BCUT2D eigenvalue weighted by Gasteiger charge is -2.33. The molecule has 1 unspecified atom stereocenters. The summed E-state index contributed by atoms with van der Waals surface area (Å²) in [6.45, 7) is -3.90. The second-order valence-electron chi connectivity index (χ2n) is 7.67. The van der Waals surface area contributed by atoms with Crippen LogP contribution in [0.3, 0.4) is 0 Å². The minimum absolute atomic E-state index is 0.849. The number of thiol groups is 1. The fourth-order valence-corrected chi connectivity index (χ4v) is 2.58. The van der Waals surface area contributed by atoms with Gasteiger partial charge in [-0.15, -0.1) is 0 Å². The van der Waals surface area contributed by atoms with Gasteiger partial charge in [-0.2, -0.15) is 91.7 Å². The highest BCUT2D eigenvalue weighted by Gasteiger charge is 2.82. The molecule has 0 aliphatic heterocycles. The molecule has 0 N–H and O–H groups in total. The van der Waals surface area contributed by atoms with Gasteiger partial charge in [0.05, 0.1) is 38.4 Å². The van der Waals surface area contributed by atoms with Crippen LogP contribution in [0.2, 0.25) is 0 Å². The zero-order valence-corrected chi connectivity index (χ0v) is 19.6. The average molecular weight is 656 g/mol. The molecule has 1 atom stereocenters. The highest BCUT2D eigenvalue weighted by atomic mass is 32.1. The molecule has 4 nitrogen and oxygen atoms in total. The number of hydrogen-bond acceptors (Lipinski definition) is 5.